The van der Waals surface area contributed by atoms with Crippen LogP contribution in [0.15, 0.2) is 0 Å². The monoisotopic (exact) mass is 172 g/mol. The van der Waals surface area contributed by atoms with E-state index in [1.54, 1.807) is 0 Å². The second kappa shape index (κ2) is 5.51. The third kappa shape index (κ3) is 3.09. The number of ether oxygens (including phenoxy) is 1. The Morgan fingerprint density at radius 1 is 1.58 bits per heavy atom. The number of hydrogen-bond acceptors (Lipinski definition) is 3. The third-order valence-electron chi connectivity index (χ3n) is 2.44. The molecule has 1 fully saturated rings. The number of nitrogens with one attached hydrogen (secondary N) is 1. The number of rotatable bonds is 5. The van der Waals surface area contributed by atoms with Crippen molar-refractivity contribution >= 4 is 0 Å². The maximum absolute atomic E-state index is 5.30. The van der Waals surface area contributed by atoms with Gasteiger partial charge in [-0.2, -0.15) is 0 Å². The lowest BCUT2D eigenvalue weighted by atomic mass is 10.3. The summed E-state index contributed by atoms with van der Waals surface area (Å²) in [6.45, 7) is 7.25. The summed E-state index contributed by atoms with van der Waals surface area (Å²) in [7, 11) is 2.04. The highest BCUT2D eigenvalue weighted by atomic mass is 16.5. The van der Waals surface area contributed by atoms with E-state index in [9.17, 15) is 0 Å². The first-order chi connectivity index (χ1) is 5.86. The average Bonchev–Trinajstić information content (AvgIpc) is 2.53. The molecule has 0 amide bonds. The van der Waals surface area contributed by atoms with Crippen LogP contribution in [0.1, 0.15) is 13.3 Å². The van der Waals surface area contributed by atoms with E-state index in [0.717, 1.165) is 19.8 Å². The standard InChI is InChI=1S/C9H20N2O/c1-3-12-7-6-11-5-4-9(8-11)10-2/h9-10H,3-8H2,1-2H3. The van der Waals surface area contributed by atoms with Gasteiger partial charge in [0.2, 0.25) is 0 Å². The van der Waals surface area contributed by atoms with Crippen molar-refractivity contribution in [2.75, 3.05) is 39.9 Å². The van der Waals surface area contributed by atoms with Crippen molar-refractivity contribution in [3.8, 4) is 0 Å². The highest BCUT2D eigenvalue weighted by Gasteiger charge is 2.19. The van der Waals surface area contributed by atoms with Gasteiger partial charge in [0.25, 0.3) is 0 Å². The Hall–Kier alpha value is -0.120. The molecule has 12 heavy (non-hydrogen) atoms. The zero-order chi connectivity index (χ0) is 8.81. The molecule has 0 aromatic rings. The molecule has 0 spiro atoms. The largest absolute Gasteiger partial charge is 0.380 e. The molecule has 3 heteroatoms. The number of hydrogen-bond donors (Lipinski definition) is 1. The van der Waals surface area contributed by atoms with Crippen LogP contribution in [0.4, 0.5) is 0 Å². The van der Waals surface area contributed by atoms with E-state index < -0.39 is 0 Å². The maximum Gasteiger partial charge on any atom is 0.0593 e. The van der Waals surface area contributed by atoms with Crippen LogP contribution in [0.25, 0.3) is 0 Å². The number of likely N-dealkylation sites (N-methyl/N-ethyl adjacent to an activating group) is 1. The molecule has 0 saturated carbocycles. The van der Waals surface area contributed by atoms with Gasteiger partial charge in [-0.05, 0) is 26.9 Å². The van der Waals surface area contributed by atoms with Gasteiger partial charge in [-0.1, -0.05) is 0 Å². The third-order valence-corrected chi connectivity index (χ3v) is 2.44. The first-order valence-corrected chi connectivity index (χ1v) is 4.84. The van der Waals surface area contributed by atoms with Crippen molar-refractivity contribution in [3.63, 3.8) is 0 Å². The highest BCUT2D eigenvalue weighted by Crippen LogP contribution is 2.07. The summed E-state index contributed by atoms with van der Waals surface area (Å²) in [5.41, 5.74) is 0. The summed E-state index contributed by atoms with van der Waals surface area (Å²) < 4.78 is 5.30. The minimum Gasteiger partial charge on any atom is -0.380 e. The molecule has 0 aliphatic carbocycles. The van der Waals surface area contributed by atoms with Crippen LogP contribution in [0, 0.1) is 0 Å². The van der Waals surface area contributed by atoms with E-state index in [0.29, 0.717) is 6.04 Å². The van der Waals surface area contributed by atoms with Crippen molar-refractivity contribution < 1.29 is 4.74 Å². The van der Waals surface area contributed by atoms with Gasteiger partial charge in [-0.3, -0.25) is 4.90 Å². The van der Waals surface area contributed by atoms with E-state index in [2.05, 4.69) is 10.2 Å². The summed E-state index contributed by atoms with van der Waals surface area (Å²) in [5, 5.41) is 3.30. The molecule has 1 atom stereocenters. The first kappa shape index (κ1) is 9.96. The van der Waals surface area contributed by atoms with E-state index >= 15 is 0 Å². The Morgan fingerprint density at radius 3 is 3.00 bits per heavy atom. The first-order valence-electron chi connectivity index (χ1n) is 4.84. The molecule has 0 aromatic heterocycles. The second-order valence-corrected chi connectivity index (χ2v) is 3.27. The van der Waals surface area contributed by atoms with Crippen LogP contribution in [-0.4, -0.2) is 50.8 Å². The van der Waals surface area contributed by atoms with Crippen molar-refractivity contribution in [2.24, 2.45) is 0 Å². The minimum atomic E-state index is 0.701. The van der Waals surface area contributed by atoms with Crippen LogP contribution in [0.3, 0.4) is 0 Å². The Bertz CT molecular complexity index is 119. The fourth-order valence-corrected chi connectivity index (χ4v) is 1.61. The minimum absolute atomic E-state index is 0.701. The molecule has 72 valence electrons. The Balaban J connectivity index is 2.03. The van der Waals surface area contributed by atoms with Crippen LogP contribution < -0.4 is 5.32 Å². The summed E-state index contributed by atoms with van der Waals surface area (Å²) in [4.78, 5) is 2.46. The van der Waals surface area contributed by atoms with Crippen molar-refractivity contribution in [1.29, 1.82) is 0 Å². The molecule has 1 rings (SSSR count). The molecule has 3 nitrogen and oxygen atoms in total. The fraction of sp³-hybridized carbons (Fsp3) is 1.00. The zero-order valence-electron chi connectivity index (χ0n) is 8.18. The quantitative estimate of drug-likeness (QED) is 0.604. The lowest BCUT2D eigenvalue weighted by Crippen LogP contribution is -2.31. The molecule has 0 bridgehead atoms. The smallest absolute Gasteiger partial charge is 0.0593 e. The Kier molecular flexibility index (Phi) is 4.58. The predicted molar refractivity (Wildman–Crippen MR) is 50.4 cm³/mol. The average molecular weight is 172 g/mol. The van der Waals surface area contributed by atoms with Gasteiger partial charge in [0.1, 0.15) is 0 Å². The second-order valence-electron chi connectivity index (χ2n) is 3.27. The van der Waals surface area contributed by atoms with Gasteiger partial charge < -0.3 is 10.1 Å². The van der Waals surface area contributed by atoms with Crippen LogP contribution in [0.5, 0.6) is 0 Å². The van der Waals surface area contributed by atoms with Crippen molar-refractivity contribution in [1.82, 2.24) is 10.2 Å². The maximum atomic E-state index is 5.30. The van der Waals surface area contributed by atoms with Gasteiger partial charge in [-0.25, -0.2) is 0 Å². The number of likely N-dealkylation sites (tertiary alicyclic amines) is 1. The topological polar surface area (TPSA) is 24.5 Å². The molecule has 1 N–H and O–H groups in total. The van der Waals surface area contributed by atoms with Crippen molar-refractivity contribution in [2.45, 2.75) is 19.4 Å². The Morgan fingerprint density at radius 2 is 2.42 bits per heavy atom. The van der Waals surface area contributed by atoms with Gasteiger partial charge in [0.05, 0.1) is 6.61 Å². The SMILES string of the molecule is CCOCCN1CCC(NC)C1. The van der Waals surface area contributed by atoms with Gasteiger partial charge in [0.15, 0.2) is 0 Å². The molecule has 1 saturated heterocycles. The summed E-state index contributed by atoms with van der Waals surface area (Å²) in [6.07, 6.45) is 1.28. The molecule has 1 aliphatic heterocycles. The summed E-state index contributed by atoms with van der Waals surface area (Å²) in [6, 6.07) is 0.701. The molecular weight excluding hydrogens is 152 g/mol. The van der Waals surface area contributed by atoms with Gasteiger partial charge in [-0.15, -0.1) is 0 Å². The van der Waals surface area contributed by atoms with E-state index in [1.165, 1.54) is 19.5 Å². The molecule has 0 aromatic carbocycles. The van der Waals surface area contributed by atoms with E-state index in [-0.39, 0.29) is 0 Å². The predicted octanol–water partition coefficient (Wildman–Crippen LogP) is 0.317. The molecule has 0 radical (unpaired) electrons. The van der Waals surface area contributed by atoms with E-state index in [4.69, 9.17) is 4.74 Å². The molecule has 1 heterocycles. The molecule has 1 unspecified atom stereocenters. The normalized spacial score (nSPS) is 25.0. The van der Waals surface area contributed by atoms with Crippen LogP contribution in [-0.2, 0) is 4.74 Å². The molecule has 1 aliphatic rings. The molecular formula is C9H20N2O. The highest BCUT2D eigenvalue weighted by molar-refractivity contribution is 4.79. The summed E-state index contributed by atoms with van der Waals surface area (Å²) in [5.74, 6) is 0. The lowest BCUT2D eigenvalue weighted by Gasteiger charge is -2.15. The Labute approximate surface area is 75.1 Å². The lowest BCUT2D eigenvalue weighted by molar-refractivity contribution is 0.121. The van der Waals surface area contributed by atoms with Gasteiger partial charge >= 0.3 is 0 Å². The van der Waals surface area contributed by atoms with Gasteiger partial charge in [0, 0.05) is 25.7 Å². The van der Waals surface area contributed by atoms with E-state index in [1.807, 2.05) is 14.0 Å². The van der Waals surface area contributed by atoms with Crippen LogP contribution in [0.2, 0.25) is 0 Å². The van der Waals surface area contributed by atoms with Crippen LogP contribution >= 0.6 is 0 Å². The van der Waals surface area contributed by atoms with Crippen molar-refractivity contribution in [3.05, 3.63) is 0 Å². The summed E-state index contributed by atoms with van der Waals surface area (Å²) >= 11 is 0. The number of nitrogens with zero attached hydrogens (tertiary/aromatic N) is 1. The zero-order valence-corrected chi connectivity index (χ0v) is 8.18. The fourth-order valence-electron chi connectivity index (χ4n) is 1.61.